The summed E-state index contributed by atoms with van der Waals surface area (Å²) in [6, 6.07) is 0. The number of nitrogens with zero attached hydrogens (tertiary/aromatic N) is 4. The average molecular weight is 254 g/mol. The number of carbonyl (C=O) groups is 1. The highest BCUT2D eigenvalue weighted by Gasteiger charge is 2.16. The van der Waals surface area contributed by atoms with Gasteiger partial charge in [-0.05, 0) is 6.92 Å². The van der Waals surface area contributed by atoms with Gasteiger partial charge in [0.25, 0.3) is 5.91 Å². The molecule has 0 aliphatic carbocycles. The summed E-state index contributed by atoms with van der Waals surface area (Å²) >= 11 is 5.89. The van der Waals surface area contributed by atoms with Gasteiger partial charge in [-0.15, -0.1) is 0 Å². The fourth-order valence-electron chi connectivity index (χ4n) is 1.52. The summed E-state index contributed by atoms with van der Waals surface area (Å²) < 4.78 is 3.12. The van der Waals surface area contributed by atoms with Crippen molar-refractivity contribution in [1.29, 1.82) is 0 Å². The second-order valence-electron chi connectivity index (χ2n) is 3.76. The van der Waals surface area contributed by atoms with Crippen molar-refractivity contribution in [3.05, 3.63) is 28.8 Å². The third-order valence-corrected chi connectivity index (χ3v) is 2.54. The van der Waals surface area contributed by atoms with Gasteiger partial charge in [0, 0.05) is 26.5 Å². The van der Waals surface area contributed by atoms with Crippen LogP contribution in [0.1, 0.15) is 16.2 Å². The number of aryl methyl sites for hydroxylation is 3. The topological polar surface area (TPSA) is 64.7 Å². The van der Waals surface area contributed by atoms with E-state index in [4.69, 9.17) is 11.6 Å². The minimum atomic E-state index is -0.341. The first kappa shape index (κ1) is 11.7. The molecule has 0 radical (unpaired) electrons. The number of hydrogen-bond donors (Lipinski definition) is 1. The molecule has 0 bridgehead atoms. The van der Waals surface area contributed by atoms with Crippen LogP contribution in [-0.4, -0.2) is 25.5 Å². The minimum absolute atomic E-state index is 0.206. The summed E-state index contributed by atoms with van der Waals surface area (Å²) in [5.41, 5.74) is 1.60. The number of aromatic nitrogens is 4. The summed E-state index contributed by atoms with van der Waals surface area (Å²) in [5, 5.41) is 11.2. The van der Waals surface area contributed by atoms with Gasteiger partial charge < -0.3 is 5.32 Å². The molecular formula is C10H12ClN5O. The largest absolute Gasteiger partial charge is 0.318 e. The van der Waals surface area contributed by atoms with Crippen LogP contribution in [0.5, 0.6) is 0 Å². The van der Waals surface area contributed by atoms with Crippen molar-refractivity contribution in [2.24, 2.45) is 14.1 Å². The van der Waals surface area contributed by atoms with Gasteiger partial charge >= 0.3 is 0 Å². The quantitative estimate of drug-likeness (QED) is 0.879. The Bertz CT molecular complexity index is 571. The Morgan fingerprint density at radius 3 is 2.41 bits per heavy atom. The molecule has 2 aromatic heterocycles. The third kappa shape index (κ3) is 2.31. The molecule has 0 unspecified atom stereocenters. The van der Waals surface area contributed by atoms with Crippen LogP contribution in [0.4, 0.5) is 5.69 Å². The Balaban J connectivity index is 2.22. The van der Waals surface area contributed by atoms with E-state index in [-0.39, 0.29) is 11.6 Å². The summed E-state index contributed by atoms with van der Waals surface area (Å²) in [7, 11) is 3.49. The molecule has 0 atom stereocenters. The monoisotopic (exact) mass is 253 g/mol. The minimum Gasteiger partial charge on any atom is -0.318 e. The number of halogens is 1. The van der Waals surface area contributed by atoms with Gasteiger partial charge in [-0.25, -0.2) is 0 Å². The van der Waals surface area contributed by atoms with Crippen molar-refractivity contribution < 1.29 is 4.79 Å². The predicted molar refractivity (Wildman–Crippen MR) is 64.1 cm³/mol. The number of hydrogen-bond acceptors (Lipinski definition) is 3. The maximum absolute atomic E-state index is 11.9. The van der Waals surface area contributed by atoms with Crippen LogP contribution in [0.15, 0.2) is 12.4 Å². The molecule has 0 fully saturated rings. The highest BCUT2D eigenvalue weighted by molar-refractivity contribution is 6.34. The zero-order valence-corrected chi connectivity index (χ0v) is 10.5. The molecule has 0 aromatic carbocycles. The lowest BCUT2D eigenvalue weighted by Gasteiger charge is -2.00. The molecule has 1 amide bonds. The molecule has 0 saturated carbocycles. The Kier molecular flexibility index (Phi) is 2.89. The second-order valence-corrected chi connectivity index (χ2v) is 4.16. The van der Waals surface area contributed by atoms with Gasteiger partial charge in [-0.3, -0.25) is 14.2 Å². The summed E-state index contributed by atoms with van der Waals surface area (Å²) in [6.45, 7) is 1.82. The number of carbonyl (C=O) groups excluding carboxylic acids is 1. The lowest BCUT2D eigenvalue weighted by Crippen LogP contribution is -2.13. The van der Waals surface area contributed by atoms with Crippen LogP contribution in [-0.2, 0) is 14.1 Å². The normalized spacial score (nSPS) is 10.6. The Hall–Kier alpha value is -1.82. The fourth-order valence-corrected chi connectivity index (χ4v) is 1.78. The average Bonchev–Trinajstić information content (AvgIpc) is 2.70. The van der Waals surface area contributed by atoms with E-state index in [1.807, 2.05) is 6.92 Å². The lowest BCUT2D eigenvalue weighted by molar-refractivity contribution is 0.102. The lowest BCUT2D eigenvalue weighted by atomic mass is 10.3. The standard InChI is InChI=1S/C10H12ClN5O/c1-6-8(5-16(3)13-6)12-10(17)9-7(11)4-15(2)14-9/h4-5H,1-3H3,(H,12,17). The molecule has 0 spiro atoms. The molecule has 2 rings (SSSR count). The molecule has 90 valence electrons. The smallest absolute Gasteiger partial charge is 0.277 e. The molecule has 2 aromatic rings. The van der Waals surface area contributed by atoms with E-state index < -0.39 is 0 Å². The van der Waals surface area contributed by atoms with Crippen molar-refractivity contribution >= 4 is 23.2 Å². The van der Waals surface area contributed by atoms with Gasteiger partial charge in [0.15, 0.2) is 5.69 Å². The Morgan fingerprint density at radius 2 is 1.94 bits per heavy atom. The Labute approximate surface area is 103 Å². The van der Waals surface area contributed by atoms with E-state index in [0.717, 1.165) is 5.69 Å². The van der Waals surface area contributed by atoms with Crippen LogP contribution in [0.25, 0.3) is 0 Å². The van der Waals surface area contributed by atoms with Crippen molar-refractivity contribution in [3.8, 4) is 0 Å². The molecule has 2 heterocycles. The van der Waals surface area contributed by atoms with Gasteiger partial charge in [0.1, 0.15) is 0 Å². The maximum atomic E-state index is 11.9. The van der Waals surface area contributed by atoms with Gasteiger partial charge in [-0.2, -0.15) is 10.2 Å². The fraction of sp³-hybridized carbons (Fsp3) is 0.300. The highest BCUT2D eigenvalue weighted by Crippen LogP contribution is 2.17. The molecule has 1 N–H and O–H groups in total. The van der Waals surface area contributed by atoms with Crippen LogP contribution in [0.3, 0.4) is 0 Å². The van der Waals surface area contributed by atoms with Gasteiger partial charge in [0.2, 0.25) is 0 Å². The SMILES string of the molecule is Cc1nn(C)cc1NC(=O)c1nn(C)cc1Cl. The van der Waals surface area contributed by atoms with E-state index in [0.29, 0.717) is 10.7 Å². The predicted octanol–water partition coefficient (Wildman–Crippen LogP) is 1.37. The van der Waals surface area contributed by atoms with Crippen molar-refractivity contribution in [1.82, 2.24) is 19.6 Å². The molecule has 7 heteroatoms. The first-order valence-electron chi connectivity index (χ1n) is 4.98. The van der Waals surface area contributed by atoms with E-state index in [2.05, 4.69) is 15.5 Å². The van der Waals surface area contributed by atoms with E-state index >= 15 is 0 Å². The van der Waals surface area contributed by atoms with E-state index in [1.165, 1.54) is 4.68 Å². The number of anilines is 1. The first-order chi connectivity index (χ1) is 7.97. The number of nitrogens with one attached hydrogen (secondary N) is 1. The van der Waals surface area contributed by atoms with Crippen molar-refractivity contribution in [2.45, 2.75) is 6.92 Å². The maximum Gasteiger partial charge on any atom is 0.277 e. The molecular weight excluding hydrogens is 242 g/mol. The van der Waals surface area contributed by atoms with Crippen LogP contribution >= 0.6 is 11.6 Å². The van der Waals surface area contributed by atoms with Crippen molar-refractivity contribution in [3.63, 3.8) is 0 Å². The van der Waals surface area contributed by atoms with Crippen LogP contribution in [0.2, 0.25) is 5.02 Å². The summed E-state index contributed by atoms with van der Waals surface area (Å²) in [4.78, 5) is 11.9. The molecule has 0 aliphatic heterocycles. The Morgan fingerprint density at radius 1 is 1.29 bits per heavy atom. The molecule has 6 nitrogen and oxygen atoms in total. The number of rotatable bonds is 2. The first-order valence-corrected chi connectivity index (χ1v) is 5.36. The van der Waals surface area contributed by atoms with E-state index in [1.54, 1.807) is 31.2 Å². The van der Waals surface area contributed by atoms with Crippen LogP contribution in [0, 0.1) is 6.92 Å². The van der Waals surface area contributed by atoms with Crippen molar-refractivity contribution in [2.75, 3.05) is 5.32 Å². The highest BCUT2D eigenvalue weighted by atomic mass is 35.5. The summed E-state index contributed by atoms with van der Waals surface area (Å²) in [6.07, 6.45) is 3.30. The van der Waals surface area contributed by atoms with Gasteiger partial charge in [-0.1, -0.05) is 11.6 Å². The summed E-state index contributed by atoms with van der Waals surface area (Å²) in [5.74, 6) is -0.341. The van der Waals surface area contributed by atoms with E-state index in [9.17, 15) is 4.79 Å². The number of amides is 1. The van der Waals surface area contributed by atoms with Crippen LogP contribution < -0.4 is 5.32 Å². The zero-order valence-electron chi connectivity index (χ0n) is 9.73. The third-order valence-electron chi connectivity index (χ3n) is 2.26. The van der Waals surface area contributed by atoms with Gasteiger partial charge in [0.05, 0.1) is 16.4 Å². The zero-order chi connectivity index (χ0) is 12.6. The molecule has 17 heavy (non-hydrogen) atoms. The molecule has 0 saturated heterocycles. The molecule has 0 aliphatic rings. The second kappa shape index (κ2) is 4.21.